The van der Waals surface area contributed by atoms with Crippen molar-refractivity contribution in [2.45, 2.75) is 39.2 Å². The monoisotopic (exact) mass is 320 g/mol. The first-order valence-corrected chi connectivity index (χ1v) is 7.52. The smallest absolute Gasteiger partial charge is 0.276 e. The van der Waals surface area contributed by atoms with Gasteiger partial charge in [0.1, 0.15) is 11.8 Å². The molecule has 1 atom stereocenters. The molecule has 8 nitrogen and oxygen atoms in total. The average Bonchev–Trinajstić information content (AvgIpc) is 3.15. The molecule has 3 rings (SSSR count). The van der Waals surface area contributed by atoms with E-state index in [1.54, 1.807) is 17.9 Å². The van der Waals surface area contributed by atoms with Gasteiger partial charge in [-0.2, -0.15) is 0 Å². The van der Waals surface area contributed by atoms with Gasteiger partial charge in [-0.3, -0.25) is 4.79 Å². The first kappa shape index (κ1) is 15.7. The summed E-state index contributed by atoms with van der Waals surface area (Å²) in [5, 5.41) is 11.7. The fourth-order valence-corrected chi connectivity index (χ4v) is 2.37. The van der Waals surface area contributed by atoms with Crippen LogP contribution in [-0.4, -0.2) is 45.9 Å². The van der Waals surface area contributed by atoms with Gasteiger partial charge in [0, 0.05) is 24.9 Å². The molecule has 2 aromatic rings. The highest BCUT2D eigenvalue weighted by Gasteiger charge is 2.35. The van der Waals surface area contributed by atoms with Crippen molar-refractivity contribution in [1.82, 2.24) is 20.3 Å². The van der Waals surface area contributed by atoms with Crippen molar-refractivity contribution in [2.75, 3.05) is 19.8 Å². The molecule has 0 spiro atoms. The number of morpholine rings is 1. The van der Waals surface area contributed by atoms with Crippen molar-refractivity contribution in [2.24, 2.45) is 0 Å². The fourth-order valence-electron chi connectivity index (χ4n) is 2.37. The van der Waals surface area contributed by atoms with Crippen LogP contribution in [0.4, 0.5) is 0 Å². The molecule has 0 unspecified atom stereocenters. The second-order valence-electron chi connectivity index (χ2n) is 6.57. The van der Waals surface area contributed by atoms with Crippen molar-refractivity contribution < 1.29 is 18.5 Å². The van der Waals surface area contributed by atoms with Crippen LogP contribution in [0.15, 0.2) is 15.0 Å². The summed E-state index contributed by atoms with van der Waals surface area (Å²) in [5.74, 6) is 1.26. The Morgan fingerprint density at radius 1 is 1.35 bits per heavy atom. The standard InChI is InChI=1S/C15H20N4O4/c1-9-16-17-13(22-9)11-8-21-6-5-19(11)14(20)10-7-12(23-18-10)15(2,3)4/h7,11H,5-6,8H2,1-4H3/t11-/m1/s1. The van der Waals surface area contributed by atoms with Gasteiger partial charge in [-0.1, -0.05) is 25.9 Å². The molecule has 0 radical (unpaired) electrons. The van der Waals surface area contributed by atoms with E-state index in [2.05, 4.69) is 15.4 Å². The van der Waals surface area contributed by atoms with Gasteiger partial charge in [0.15, 0.2) is 5.69 Å². The van der Waals surface area contributed by atoms with Crippen molar-refractivity contribution in [3.8, 4) is 0 Å². The third-order valence-electron chi connectivity index (χ3n) is 3.68. The molecule has 1 aliphatic rings. The summed E-state index contributed by atoms with van der Waals surface area (Å²) in [6.45, 7) is 8.92. The molecule has 2 aromatic heterocycles. The van der Waals surface area contributed by atoms with E-state index in [0.717, 1.165) is 0 Å². The Labute approximate surface area is 133 Å². The van der Waals surface area contributed by atoms with Gasteiger partial charge < -0.3 is 18.6 Å². The molecule has 0 saturated carbocycles. The molecule has 8 heteroatoms. The van der Waals surface area contributed by atoms with E-state index >= 15 is 0 Å². The minimum Gasteiger partial charge on any atom is -0.423 e. The lowest BCUT2D eigenvalue weighted by molar-refractivity contribution is -0.0111. The van der Waals surface area contributed by atoms with Crippen molar-refractivity contribution in [1.29, 1.82) is 0 Å². The largest absolute Gasteiger partial charge is 0.423 e. The lowest BCUT2D eigenvalue weighted by Crippen LogP contribution is -2.43. The van der Waals surface area contributed by atoms with E-state index in [4.69, 9.17) is 13.7 Å². The maximum Gasteiger partial charge on any atom is 0.276 e. The molecular weight excluding hydrogens is 300 g/mol. The molecule has 1 fully saturated rings. The summed E-state index contributed by atoms with van der Waals surface area (Å²) >= 11 is 0. The summed E-state index contributed by atoms with van der Waals surface area (Å²) in [6, 6.07) is 1.28. The summed E-state index contributed by atoms with van der Waals surface area (Å²) in [6.07, 6.45) is 0. The van der Waals surface area contributed by atoms with Crippen LogP contribution in [0.1, 0.15) is 54.8 Å². The predicted octanol–water partition coefficient (Wildman–Crippen LogP) is 1.88. The molecule has 1 amide bonds. The molecule has 0 aromatic carbocycles. The number of aryl methyl sites for hydroxylation is 1. The number of hydrogen-bond donors (Lipinski definition) is 0. The quantitative estimate of drug-likeness (QED) is 0.833. The lowest BCUT2D eigenvalue weighted by Gasteiger charge is -2.32. The predicted molar refractivity (Wildman–Crippen MR) is 78.8 cm³/mol. The number of rotatable bonds is 2. The van der Waals surface area contributed by atoms with Crippen LogP contribution >= 0.6 is 0 Å². The number of nitrogens with zero attached hydrogens (tertiary/aromatic N) is 4. The molecule has 0 bridgehead atoms. The minimum atomic E-state index is -0.410. The van der Waals surface area contributed by atoms with Crippen LogP contribution in [-0.2, 0) is 10.2 Å². The Kier molecular flexibility index (Phi) is 3.93. The van der Waals surface area contributed by atoms with E-state index in [9.17, 15) is 4.79 Å². The van der Waals surface area contributed by atoms with Gasteiger partial charge >= 0.3 is 0 Å². The first-order valence-electron chi connectivity index (χ1n) is 7.52. The normalized spacial score (nSPS) is 19.1. The van der Waals surface area contributed by atoms with Gasteiger partial charge in [-0.05, 0) is 0 Å². The molecule has 1 aliphatic heterocycles. The third kappa shape index (κ3) is 3.12. The van der Waals surface area contributed by atoms with Gasteiger partial charge in [0.25, 0.3) is 5.91 Å². The molecule has 23 heavy (non-hydrogen) atoms. The first-order chi connectivity index (χ1) is 10.9. The number of carbonyl (C=O) groups is 1. The van der Waals surface area contributed by atoms with E-state index in [1.807, 2.05) is 20.8 Å². The summed E-state index contributed by atoms with van der Waals surface area (Å²) < 4.78 is 16.2. The zero-order chi connectivity index (χ0) is 16.6. The second-order valence-corrected chi connectivity index (χ2v) is 6.57. The Bertz CT molecular complexity index is 700. The SMILES string of the molecule is Cc1nnc([C@H]2COCCN2C(=O)c2cc(C(C)(C)C)on2)o1. The summed E-state index contributed by atoms with van der Waals surface area (Å²) in [4.78, 5) is 14.4. The summed E-state index contributed by atoms with van der Waals surface area (Å²) in [7, 11) is 0. The number of amides is 1. The number of hydrogen-bond acceptors (Lipinski definition) is 7. The van der Waals surface area contributed by atoms with Crippen LogP contribution in [0.3, 0.4) is 0 Å². The molecule has 1 saturated heterocycles. The van der Waals surface area contributed by atoms with Crippen molar-refractivity contribution in [3.63, 3.8) is 0 Å². The van der Waals surface area contributed by atoms with Crippen LogP contribution in [0.2, 0.25) is 0 Å². The number of ether oxygens (including phenoxy) is 1. The van der Waals surface area contributed by atoms with E-state index < -0.39 is 6.04 Å². The van der Waals surface area contributed by atoms with Crippen LogP contribution in [0, 0.1) is 6.92 Å². The Hall–Kier alpha value is -2.22. The van der Waals surface area contributed by atoms with Gasteiger partial charge in [0.2, 0.25) is 11.8 Å². The second kappa shape index (κ2) is 5.77. The summed E-state index contributed by atoms with van der Waals surface area (Å²) in [5.41, 5.74) is 0.0672. The topological polar surface area (TPSA) is 94.5 Å². The minimum absolute atomic E-state index is 0.209. The van der Waals surface area contributed by atoms with Crippen LogP contribution in [0.5, 0.6) is 0 Å². The van der Waals surface area contributed by atoms with E-state index in [-0.39, 0.29) is 17.0 Å². The van der Waals surface area contributed by atoms with Crippen molar-refractivity contribution in [3.05, 3.63) is 29.3 Å². The zero-order valence-electron chi connectivity index (χ0n) is 13.7. The van der Waals surface area contributed by atoms with E-state index in [0.29, 0.717) is 37.3 Å². The van der Waals surface area contributed by atoms with Crippen LogP contribution in [0.25, 0.3) is 0 Å². The van der Waals surface area contributed by atoms with E-state index in [1.165, 1.54) is 0 Å². The maximum atomic E-state index is 12.8. The van der Waals surface area contributed by atoms with Crippen molar-refractivity contribution >= 4 is 5.91 Å². The molecule has 124 valence electrons. The van der Waals surface area contributed by atoms with Gasteiger partial charge in [0.05, 0.1) is 13.2 Å². The molecular formula is C15H20N4O4. The van der Waals surface area contributed by atoms with Crippen LogP contribution < -0.4 is 0 Å². The average molecular weight is 320 g/mol. The highest BCUT2D eigenvalue weighted by molar-refractivity contribution is 5.92. The lowest BCUT2D eigenvalue weighted by atomic mass is 9.93. The highest BCUT2D eigenvalue weighted by Crippen LogP contribution is 2.27. The zero-order valence-corrected chi connectivity index (χ0v) is 13.7. The number of aromatic nitrogens is 3. The molecule has 0 aliphatic carbocycles. The third-order valence-corrected chi connectivity index (χ3v) is 3.68. The maximum absolute atomic E-state index is 12.8. The Morgan fingerprint density at radius 2 is 2.13 bits per heavy atom. The van der Waals surface area contributed by atoms with Gasteiger partial charge in [-0.15, -0.1) is 10.2 Å². The van der Waals surface area contributed by atoms with Gasteiger partial charge in [-0.25, -0.2) is 0 Å². The Morgan fingerprint density at radius 3 is 2.74 bits per heavy atom. The molecule has 3 heterocycles. The highest BCUT2D eigenvalue weighted by atomic mass is 16.5. The Balaban J connectivity index is 1.85. The fraction of sp³-hybridized carbons (Fsp3) is 0.600. The number of carbonyl (C=O) groups excluding carboxylic acids is 1. The molecule has 0 N–H and O–H groups in total.